The van der Waals surface area contributed by atoms with Gasteiger partial charge in [-0.15, -0.1) is 0 Å². The Morgan fingerprint density at radius 2 is 2.19 bits per heavy atom. The van der Waals surface area contributed by atoms with E-state index >= 15 is 0 Å². The van der Waals surface area contributed by atoms with Crippen LogP contribution in [0.15, 0.2) is 27.8 Å². The number of carbonyl (C=O) groups is 1. The van der Waals surface area contributed by atoms with Gasteiger partial charge in [-0.25, -0.2) is 0 Å². The maximum Gasteiger partial charge on any atom is 0.223 e. The number of carbonyl (C=O) groups excluding carboxylic acids is 1. The molecule has 1 aromatic carbocycles. The monoisotopic (exact) mass is 325 g/mol. The molecule has 16 heavy (non-hydrogen) atoms. The summed E-state index contributed by atoms with van der Waals surface area (Å²) in [5.74, 6) is 0.708. The molecule has 1 aliphatic heterocycles. The largest absolute Gasteiger partial charge is 0.311 e. The number of rotatable bonds is 0. The summed E-state index contributed by atoms with van der Waals surface area (Å²) < 4.78 is 1.46. The first-order chi connectivity index (χ1) is 7.68. The molecule has 2 nitrogen and oxygen atoms in total. The molecule has 82 valence electrons. The molecule has 0 bridgehead atoms. The van der Waals surface area contributed by atoms with Crippen LogP contribution in [0.25, 0.3) is 5.57 Å². The maximum atomic E-state index is 11.6. The molecule has 0 unspecified atom stereocenters. The van der Waals surface area contributed by atoms with Crippen LogP contribution in [0, 0.1) is 5.92 Å². The van der Waals surface area contributed by atoms with Crippen molar-refractivity contribution in [2.45, 2.75) is 13.3 Å². The zero-order valence-corrected chi connectivity index (χ0v) is 11.2. The molecule has 0 fully saturated rings. The van der Waals surface area contributed by atoms with Crippen LogP contribution in [-0.4, -0.2) is 12.5 Å². The van der Waals surface area contributed by atoms with E-state index in [1.165, 1.54) is 14.7 Å². The van der Waals surface area contributed by atoms with E-state index in [0.717, 1.165) is 18.7 Å². The molecular weight excluding hydrogens is 313 g/mol. The quantitative estimate of drug-likeness (QED) is 0.671. The fraction of sp³-hybridized carbons (Fsp3) is 0.308. The number of benzene rings is 1. The highest BCUT2D eigenvalue weighted by atomic mass is 127. The van der Waals surface area contributed by atoms with Crippen LogP contribution in [0.3, 0.4) is 0 Å². The van der Waals surface area contributed by atoms with Crippen molar-refractivity contribution in [2.24, 2.45) is 5.92 Å². The van der Waals surface area contributed by atoms with Gasteiger partial charge in [0.15, 0.2) is 0 Å². The van der Waals surface area contributed by atoms with Crippen molar-refractivity contribution in [3.8, 4) is 0 Å². The fourth-order valence-electron chi connectivity index (χ4n) is 2.59. The molecule has 0 spiro atoms. The average molecular weight is 325 g/mol. The number of para-hydroxylation sites is 1. The smallest absolute Gasteiger partial charge is 0.223 e. The second kappa shape index (κ2) is 3.58. The average Bonchev–Trinajstić information content (AvgIpc) is 2.25. The Morgan fingerprint density at radius 3 is 2.88 bits per heavy atom. The second-order valence-corrected chi connectivity index (χ2v) is 5.67. The first kappa shape index (κ1) is 10.3. The molecule has 1 atom stereocenters. The van der Waals surface area contributed by atoms with E-state index in [2.05, 4.69) is 34.7 Å². The number of allylic oxidation sites excluding steroid dienone is 1. The highest BCUT2D eigenvalue weighted by Crippen LogP contribution is 2.51. The summed E-state index contributed by atoms with van der Waals surface area (Å²) in [5, 5.41) is 0. The van der Waals surface area contributed by atoms with E-state index in [-0.39, 0.29) is 5.91 Å². The van der Waals surface area contributed by atoms with E-state index in [0.29, 0.717) is 5.92 Å². The highest BCUT2D eigenvalue weighted by molar-refractivity contribution is 14.1. The lowest BCUT2D eigenvalue weighted by Gasteiger charge is -2.41. The molecule has 0 saturated heterocycles. The van der Waals surface area contributed by atoms with Crippen molar-refractivity contribution in [1.82, 2.24) is 0 Å². The van der Waals surface area contributed by atoms with Crippen LogP contribution in [0.2, 0.25) is 0 Å². The van der Waals surface area contributed by atoms with Crippen LogP contribution in [-0.2, 0) is 4.79 Å². The van der Waals surface area contributed by atoms with Gasteiger partial charge < -0.3 is 4.90 Å². The summed E-state index contributed by atoms with van der Waals surface area (Å²) in [4.78, 5) is 13.5. The molecule has 1 heterocycles. The molecule has 1 amide bonds. The van der Waals surface area contributed by atoms with Crippen LogP contribution in [0.4, 0.5) is 5.69 Å². The number of anilines is 1. The van der Waals surface area contributed by atoms with Gasteiger partial charge in [-0.1, -0.05) is 18.2 Å². The predicted octanol–water partition coefficient (Wildman–Crippen LogP) is 3.22. The van der Waals surface area contributed by atoms with Crippen molar-refractivity contribution in [3.63, 3.8) is 0 Å². The lowest BCUT2D eigenvalue weighted by atomic mass is 9.76. The molecular formula is C13H12INO. The number of hydrogen-bond acceptors (Lipinski definition) is 1. The van der Waals surface area contributed by atoms with Crippen molar-refractivity contribution >= 4 is 39.8 Å². The highest BCUT2D eigenvalue weighted by Gasteiger charge is 2.37. The third-order valence-electron chi connectivity index (χ3n) is 3.39. The molecule has 3 rings (SSSR count). The Hall–Kier alpha value is -0.840. The van der Waals surface area contributed by atoms with Crippen molar-refractivity contribution < 1.29 is 4.79 Å². The molecule has 0 aromatic heterocycles. The number of fused-ring (bicyclic) bond motifs is 3. The van der Waals surface area contributed by atoms with E-state index in [4.69, 9.17) is 0 Å². The lowest BCUT2D eigenvalue weighted by molar-refractivity contribution is -0.116. The Morgan fingerprint density at radius 1 is 1.44 bits per heavy atom. The Kier molecular flexibility index (Phi) is 2.31. The number of hydrogen-bond donors (Lipinski definition) is 0. The van der Waals surface area contributed by atoms with Crippen molar-refractivity contribution in [3.05, 3.63) is 33.4 Å². The topological polar surface area (TPSA) is 20.3 Å². The molecule has 1 aromatic rings. The maximum absolute atomic E-state index is 11.6. The van der Waals surface area contributed by atoms with Crippen molar-refractivity contribution in [1.29, 1.82) is 0 Å². The molecule has 0 radical (unpaired) electrons. The first-order valence-corrected chi connectivity index (χ1v) is 6.52. The van der Waals surface area contributed by atoms with Crippen LogP contribution in [0.5, 0.6) is 0 Å². The fourth-order valence-corrected chi connectivity index (χ4v) is 3.86. The van der Waals surface area contributed by atoms with E-state index in [9.17, 15) is 4.79 Å². The van der Waals surface area contributed by atoms with Gasteiger partial charge in [-0.2, -0.15) is 0 Å². The SMILES string of the molecule is CC(=O)N1C[C@H]2CC(I)=C2c2ccccc21. The lowest BCUT2D eigenvalue weighted by Crippen LogP contribution is -2.40. The first-order valence-electron chi connectivity index (χ1n) is 5.44. The van der Waals surface area contributed by atoms with Crippen molar-refractivity contribution in [2.75, 3.05) is 11.4 Å². The minimum atomic E-state index is 0.147. The van der Waals surface area contributed by atoms with Crippen LogP contribution < -0.4 is 4.90 Å². The third-order valence-corrected chi connectivity index (χ3v) is 4.42. The normalized spacial score (nSPS) is 22.4. The summed E-state index contributed by atoms with van der Waals surface area (Å²) in [6, 6.07) is 8.22. The van der Waals surface area contributed by atoms with Gasteiger partial charge in [0, 0.05) is 24.9 Å². The summed E-state index contributed by atoms with van der Waals surface area (Å²) >= 11 is 2.43. The Balaban J connectivity index is 2.18. The van der Waals surface area contributed by atoms with Gasteiger partial charge in [-0.3, -0.25) is 4.79 Å². The standard InChI is InChI=1S/C13H12INO/c1-8(16)15-7-9-6-11(14)13(9)10-4-2-3-5-12(10)15/h2-5,9H,6-7H2,1H3/t9-/m1/s1. The molecule has 2 aliphatic rings. The molecule has 1 aliphatic carbocycles. The predicted molar refractivity (Wildman–Crippen MR) is 73.5 cm³/mol. The van der Waals surface area contributed by atoms with E-state index < -0.39 is 0 Å². The summed E-state index contributed by atoms with van der Waals surface area (Å²) in [6.45, 7) is 2.50. The van der Waals surface area contributed by atoms with Gasteiger partial charge in [0.2, 0.25) is 5.91 Å². The third kappa shape index (κ3) is 1.34. The van der Waals surface area contributed by atoms with Crippen LogP contribution >= 0.6 is 22.6 Å². The van der Waals surface area contributed by atoms with Gasteiger partial charge in [-0.05, 0) is 44.2 Å². The Labute approximate surface area is 108 Å². The van der Waals surface area contributed by atoms with E-state index in [1.807, 2.05) is 17.0 Å². The summed E-state index contributed by atoms with van der Waals surface area (Å²) in [7, 11) is 0. The van der Waals surface area contributed by atoms with Gasteiger partial charge >= 0.3 is 0 Å². The molecule has 3 heteroatoms. The zero-order chi connectivity index (χ0) is 11.3. The van der Waals surface area contributed by atoms with Gasteiger partial charge in [0.05, 0.1) is 5.69 Å². The summed E-state index contributed by atoms with van der Waals surface area (Å²) in [6.07, 6.45) is 1.13. The number of nitrogens with zero attached hydrogens (tertiary/aromatic N) is 1. The van der Waals surface area contributed by atoms with E-state index in [1.54, 1.807) is 6.92 Å². The minimum Gasteiger partial charge on any atom is -0.311 e. The van der Waals surface area contributed by atoms with Gasteiger partial charge in [0.1, 0.15) is 0 Å². The number of halogens is 1. The molecule has 0 saturated carbocycles. The zero-order valence-electron chi connectivity index (χ0n) is 9.03. The number of amides is 1. The molecule has 0 N–H and O–H groups in total. The Bertz CT molecular complexity index is 506. The summed E-state index contributed by atoms with van der Waals surface area (Å²) in [5.41, 5.74) is 3.80. The van der Waals surface area contributed by atoms with Gasteiger partial charge in [0.25, 0.3) is 0 Å². The van der Waals surface area contributed by atoms with Crippen LogP contribution in [0.1, 0.15) is 18.9 Å². The minimum absolute atomic E-state index is 0.147. The second-order valence-electron chi connectivity index (χ2n) is 4.37.